The number of hydrogen-bond donors (Lipinski definition) is 1. The first-order chi connectivity index (χ1) is 8.46. The van der Waals surface area contributed by atoms with Gasteiger partial charge in [-0.15, -0.1) is 0 Å². The van der Waals surface area contributed by atoms with Crippen LogP contribution in [0, 0.1) is 0 Å². The standard InChI is InChI=1S/C13H17BrClNO2/c1-13(2)17-8-11(18-13)7-16-6-9-5-10(15)3-4-12(9)14/h3-5,11,16H,6-8H2,1-2H3. The molecule has 1 aromatic rings. The van der Waals surface area contributed by atoms with Crippen molar-refractivity contribution in [3.05, 3.63) is 33.3 Å². The monoisotopic (exact) mass is 333 g/mol. The minimum atomic E-state index is -0.455. The van der Waals surface area contributed by atoms with Crippen LogP contribution in [0.15, 0.2) is 22.7 Å². The Bertz CT molecular complexity index is 425. The maximum atomic E-state index is 5.97. The van der Waals surface area contributed by atoms with Gasteiger partial charge >= 0.3 is 0 Å². The van der Waals surface area contributed by atoms with Crippen LogP contribution in [0.25, 0.3) is 0 Å². The molecule has 1 unspecified atom stereocenters. The van der Waals surface area contributed by atoms with E-state index < -0.39 is 5.79 Å². The second-order valence-electron chi connectivity index (χ2n) is 4.82. The number of nitrogens with one attached hydrogen (secondary N) is 1. The number of rotatable bonds is 4. The van der Waals surface area contributed by atoms with Crippen molar-refractivity contribution in [3.8, 4) is 0 Å². The lowest BCUT2D eigenvalue weighted by atomic mass is 10.2. The van der Waals surface area contributed by atoms with E-state index in [4.69, 9.17) is 21.1 Å². The first-order valence-corrected chi connectivity index (χ1v) is 7.10. The van der Waals surface area contributed by atoms with E-state index in [1.807, 2.05) is 32.0 Å². The molecule has 0 radical (unpaired) electrons. The zero-order valence-corrected chi connectivity index (χ0v) is 12.8. The van der Waals surface area contributed by atoms with Gasteiger partial charge in [-0.1, -0.05) is 27.5 Å². The summed E-state index contributed by atoms with van der Waals surface area (Å²) in [6.07, 6.45) is 0.109. The van der Waals surface area contributed by atoms with Gasteiger partial charge in [0, 0.05) is 22.6 Å². The van der Waals surface area contributed by atoms with Crippen LogP contribution in [0.1, 0.15) is 19.4 Å². The largest absolute Gasteiger partial charge is 0.348 e. The van der Waals surface area contributed by atoms with Gasteiger partial charge in [0.2, 0.25) is 0 Å². The van der Waals surface area contributed by atoms with Gasteiger partial charge < -0.3 is 14.8 Å². The molecule has 0 spiro atoms. The zero-order valence-electron chi connectivity index (χ0n) is 10.5. The molecule has 18 heavy (non-hydrogen) atoms. The van der Waals surface area contributed by atoms with E-state index in [0.29, 0.717) is 6.61 Å². The Balaban J connectivity index is 1.80. The lowest BCUT2D eigenvalue weighted by molar-refractivity contribution is -0.137. The molecule has 1 N–H and O–H groups in total. The second-order valence-corrected chi connectivity index (χ2v) is 6.11. The predicted octanol–water partition coefficient (Wildman–Crippen LogP) is 3.34. The molecule has 1 aliphatic heterocycles. The van der Waals surface area contributed by atoms with Gasteiger partial charge in [-0.3, -0.25) is 0 Å². The highest BCUT2D eigenvalue weighted by Crippen LogP contribution is 2.23. The third-order valence-corrected chi connectivity index (χ3v) is 3.77. The fourth-order valence-electron chi connectivity index (χ4n) is 1.91. The predicted molar refractivity (Wildman–Crippen MR) is 75.8 cm³/mol. The van der Waals surface area contributed by atoms with Crippen molar-refractivity contribution in [2.75, 3.05) is 13.2 Å². The van der Waals surface area contributed by atoms with E-state index in [1.54, 1.807) is 0 Å². The van der Waals surface area contributed by atoms with Gasteiger partial charge in [-0.25, -0.2) is 0 Å². The molecule has 0 amide bonds. The molecule has 1 aliphatic rings. The minimum Gasteiger partial charge on any atom is -0.348 e. The molecule has 1 heterocycles. The van der Waals surface area contributed by atoms with Crippen LogP contribution in [0.5, 0.6) is 0 Å². The molecule has 100 valence electrons. The van der Waals surface area contributed by atoms with Crippen molar-refractivity contribution in [2.24, 2.45) is 0 Å². The molecule has 1 atom stereocenters. The highest BCUT2D eigenvalue weighted by atomic mass is 79.9. The highest BCUT2D eigenvalue weighted by Gasteiger charge is 2.32. The molecule has 5 heteroatoms. The maximum absolute atomic E-state index is 5.97. The van der Waals surface area contributed by atoms with Crippen LogP contribution in [0.4, 0.5) is 0 Å². The topological polar surface area (TPSA) is 30.5 Å². The van der Waals surface area contributed by atoms with Gasteiger partial charge in [0.25, 0.3) is 0 Å². The smallest absolute Gasteiger partial charge is 0.163 e. The zero-order chi connectivity index (χ0) is 13.2. The Morgan fingerprint density at radius 1 is 1.50 bits per heavy atom. The normalized spacial score (nSPS) is 22.3. The molecule has 0 saturated carbocycles. The number of halogens is 2. The molecule has 0 aromatic heterocycles. The molecular formula is C13H17BrClNO2. The van der Waals surface area contributed by atoms with E-state index in [1.165, 1.54) is 0 Å². The Morgan fingerprint density at radius 3 is 2.94 bits per heavy atom. The molecule has 1 saturated heterocycles. The average molecular weight is 335 g/mol. The van der Waals surface area contributed by atoms with Crippen LogP contribution < -0.4 is 5.32 Å². The van der Waals surface area contributed by atoms with E-state index in [9.17, 15) is 0 Å². The quantitative estimate of drug-likeness (QED) is 0.916. The van der Waals surface area contributed by atoms with Crippen molar-refractivity contribution < 1.29 is 9.47 Å². The molecule has 0 aliphatic carbocycles. The SMILES string of the molecule is CC1(C)OCC(CNCc2cc(Cl)ccc2Br)O1. The molecule has 0 bridgehead atoms. The number of benzene rings is 1. The third kappa shape index (κ3) is 3.93. The van der Waals surface area contributed by atoms with E-state index in [0.717, 1.165) is 28.1 Å². The molecule has 1 fully saturated rings. The Morgan fingerprint density at radius 2 is 2.28 bits per heavy atom. The summed E-state index contributed by atoms with van der Waals surface area (Å²) in [4.78, 5) is 0. The minimum absolute atomic E-state index is 0.109. The summed E-state index contributed by atoms with van der Waals surface area (Å²) < 4.78 is 12.3. The Labute approximate surface area is 121 Å². The molecule has 3 nitrogen and oxygen atoms in total. The summed E-state index contributed by atoms with van der Waals surface area (Å²) >= 11 is 9.47. The maximum Gasteiger partial charge on any atom is 0.163 e. The molecule has 2 rings (SSSR count). The van der Waals surface area contributed by atoms with E-state index in [-0.39, 0.29) is 6.10 Å². The highest BCUT2D eigenvalue weighted by molar-refractivity contribution is 9.10. The summed E-state index contributed by atoms with van der Waals surface area (Å²) in [6, 6.07) is 5.78. The van der Waals surface area contributed by atoms with Gasteiger partial charge in [0.05, 0.1) is 12.7 Å². The Kier molecular flexibility index (Phi) is 4.67. The van der Waals surface area contributed by atoms with Gasteiger partial charge in [0.15, 0.2) is 5.79 Å². The summed E-state index contributed by atoms with van der Waals surface area (Å²) in [6.45, 7) is 6.02. The second kappa shape index (κ2) is 5.88. The van der Waals surface area contributed by atoms with Crippen molar-refractivity contribution in [1.82, 2.24) is 5.32 Å². The molecular weight excluding hydrogens is 318 g/mol. The van der Waals surface area contributed by atoms with Crippen LogP contribution in [0.2, 0.25) is 5.02 Å². The summed E-state index contributed by atoms with van der Waals surface area (Å²) in [5.41, 5.74) is 1.14. The van der Waals surface area contributed by atoms with E-state index >= 15 is 0 Å². The summed E-state index contributed by atoms with van der Waals surface area (Å²) in [7, 11) is 0. The van der Waals surface area contributed by atoms with E-state index in [2.05, 4.69) is 21.2 Å². The number of hydrogen-bond acceptors (Lipinski definition) is 3. The lowest BCUT2D eigenvalue weighted by Gasteiger charge is -2.17. The fourth-order valence-corrected chi connectivity index (χ4v) is 2.49. The van der Waals surface area contributed by atoms with Crippen molar-refractivity contribution in [3.63, 3.8) is 0 Å². The molecule has 1 aromatic carbocycles. The van der Waals surface area contributed by atoms with Crippen molar-refractivity contribution in [1.29, 1.82) is 0 Å². The van der Waals surface area contributed by atoms with Gasteiger partial charge in [-0.05, 0) is 37.6 Å². The average Bonchev–Trinajstić information content (AvgIpc) is 2.63. The van der Waals surface area contributed by atoms with Gasteiger partial charge in [-0.2, -0.15) is 0 Å². The van der Waals surface area contributed by atoms with Crippen LogP contribution in [-0.2, 0) is 16.0 Å². The first-order valence-electron chi connectivity index (χ1n) is 5.93. The van der Waals surface area contributed by atoms with Crippen LogP contribution in [0.3, 0.4) is 0 Å². The van der Waals surface area contributed by atoms with Crippen molar-refractivity contribution >= 4 is 27.5 Å². The van der Waals surface area contributed by atoms with Crippen molar-refractivity contribution in [2.45, 2.75) is 32.3 Å². The van der Waals surface area contributed by atoms with Crippen LogP contribution >= 0.6 is 27.5 Å². The van der Waals surface area contributed by atoms with Crippen LogP contribution in [-0.4, -0.2) is 25.0 Å². The number of ether oxygens (including phenoxy) is 2. The summed E-state index contributed by atoms with van der Waals surface area (Å²) in [5, 5.41) is 4.10. The lowest BCUT2D eigenvalue weighted by Crippen LogP contribution is -2.30. The summed E-state index contributed by atoms with van der Waals surface area (Å²) in [5.74, 6) is -0.455. The Hall–Kier alpha value is -0.130. The van der Waals surface area contributed by atoms with Gasteiger partial charge in [0.1, 0.15) is 0 Å². The fraction of sp³-hybridized carbons (Fsp3) is 0.538. The first kappa shape index (κ1) is 14.3. The third-order valence-electron chi connectivity index (χ3n) is 2.76.